The van der Waals surface area contributed by atoms with Gasteiger partial charge >= 0.3 is 0 Å². The van der Waals surface area contributed by atoms with Crippen molar-refractivity contribution in [2.75, 3.05) is 14.2 Å². The highest BCUT2D eigenvalue weighted by atomic mass is 16.5. The van der Waals surface area contributed by atoms with Gasteiger partial charge in [-0.1, -0.05) is 6.58 Å². The molecule has 0 saturated heterocycles. The lowest BCUT2D eigenvalue weighted by molar-refractivity contribution is 0.0163. The van der Waals surface area contributed by atoms with Crippen molar-refractivity contribution in [1.29, 1.82) is 0 Å². The van der Waals surface area contributed by atoms with Gasteiger partial charge in [-0.15, -0.1) is 0 Å². The summed E-state index contributed by atoms with van der Waals surface area (Å²) in [4.78, 5) is 5.80. The van der Waals surface area contributed by atoms with Crippen molar-refractivity contribution in [3.05, 3.63) is 12.8 Å². The van der Waals surface area contributed by atoms with Crippen LogP contribution in [0.3, 0.4) is 0 Å². The number of hydrogen-bond acceptors (Lipinski definition) is 3. The second-order valence-electron chi connectivity index (χ2n) is 1.82. The first-order chi connectivity index (χ1) is 4.76. The van der Waals surface area contributed by atoms with Crippen molar-refractivity contribution >= 4 is 6.21 Å². The quantitative estimate of drug-likeness (QED) is 0.433. The summed E-state index contributed by atoms with van der Waals surface area (Å²) in [6.45, 7) is 5.43. The van der Waals surface area contributed by atoms with Crippen LogP contribution in [0.15, 0.2) is 17.8 Å². The van der Waals surface area contributed by atoms with E-state index in [0.29, 0.717) is 0 Å². The summed E-state index contributed by atoms with van der Waals surface area (Å²) in [6.07, 6.45) is 3.14. The Morgan fingerprint density at radius 3 is 2.60 bits per heavy atom. The number of rotatable bonds is 4. The first kappa shape index (κ1) is 9.17. The van der Waals surface area contributed by atoms with Crippen LogP contribution in [-0.4, -0.2) is 31.6 Å². The minimum Gasteiger partial charge on any atom is -0.342 e. The molecule has 0 heterocycles. The van der Waals surface area contributed by atoms with E-state index in [0.717, 1.165) is 0 Å². The molecule has 0 fully saturated rings. The molecule has 1 atom stereocenters. The minimum atomic E-state index is -0.234. The van der Waals surface area contributed by atoms with E-state index < -0.39 is 0 Å². The lowest BCUT2D eigenvalue weighted by Gasteiger charge is -2.20. The van der Waals surface area contributed by atoms with E-state index in [-0.39, 0.29) is 6.35 Å². The van der Waals surface area contributed by atoms with Crippen LogP contribution >= 0.6 is 0 Å². The molecule has 0 aliphatic carbocycles. The first-order valence-corrected chi connectivity index (χ1v) is 3.11. The monoisotopic (exact) mass is 142 g/mol. The zero-order valence-corrected chi connectivity index (χ0v) is 6.74. The Balaban J connectivity index is 3.91. The highest BCUT2D eigenvalue weighted by Gasteiger charge is 2.04. The number of ether oxygens (including phenoxy) is 1. The Bertz CT molecular complexity index is 123. The van der Waals surface area contributed by atoms with Crippen molar-refractivity contribution in [2.24, 2.45) is 4.99 Å². The molecule has 0 aromatic heterocycles. The highest BCUT2D eigenvalue weighted by molar-refractivity contribution is 5.53. The maximum atomic E-state index is 5.00. The molecule has 0 saturated carbocycles. The third-order valence-electron chi connectivity index (χ3n) is 1.12. The smallest absolute Gasteiger partial charge is 0.226 e. The molecule has 0 spiro atoms. The molecule has 3 heteroatoms. The van der Waals surface area contributed by atoms with Gasteiger partial charge < -0.3 is 9.64 Å². The largest absolute Gasteiger partial charge is 0.342 e. The molecule has 0 aromatic carbocycles. The van der Waals surface area contributed by atoms with E-state index >= 15 is 0 Å². The molecule has 1 unspecified atom stereocenters. The topological polar surface area (TPSA) is 24.8 Å². The minimum absolute atomic E-state index is 0.234. The van der Waals surface area contributed by atoms with Gasteiger partial charge in [0.2, 0.25) is 6.35 Å². The van der Waals surface area contributed by atoms with Crippen molar-refractivity contribution in [2.45, 2.75) is 13.3 Å². The van der Waals surface area contributed by atoms with Gasteiger partial charge in [0.15, 0.2) is 0 Å². The number of hydrogen-bond donors (Lipinski definition) is 0. The Labute approximate surface area is 62.0 Å². The van der Waals surface area contributed by atoms with Crippen LogP contribution in [-0.2, 0) is 4.74 Å². The van der Waals surface area contributed by atoms with Crippen LogP contribution < -0.4 is 0 Å². The molecular weight excluding hydrogens is 128 g/mol. The average molecular weight is 142 g/mol. The third kappa shape index (κ3) is 2.64. The normalized spacial score (nSPS) is 13.5. The van der Waals surface area contributed by atoms with Gasteiger partial charge in [-0.05, 0) is 13.1 Å². The zero-order valence-electron chi connectivity index (χ0n) is 6.74. The van der Waals surface area contributed by atoms with Crippen LogP contribution in [0.5, 0.6) is 0 Å². The maximum Gasteiger partial charge on any atom is 0.226 e. The predicted octanol–water partition coefficient (Wildman–Crippen LogP) is 1.08. The van der Waals surface area contributed by atoms with Gasteiger partial charge in [-0.2, -0.15) is 0 Å². The summed E-state index contributed by atoms with van der Waals surface area (Å²) in [5.74, 6) is 0. The molecule has 58 valence electrons. The van der Waals surface area contributed by atoms with Gasteiger partial charge in [0.1, 0.15) is 0 Å². The standard InChI is InChI=1S/C7H14N2O/c1-5-8-7(10-4)9(3)6-2/h5-7H,2H2,1,3-4H3/b8-5-. The summed E-state index contributed by atoms with van der Waals surface area (Å²) in [5.41, 5.74) is 0. The van der Waals surface area contributed by atoms with Gasteiger partial charge in [0.25, 0.3) is 0 Å². The molecule has 0 aliphatic heterocycles. The van der Waals surface area contributed by atoms with E-state index in [2.05, 4.69) is 11.6 Å². The van der Waals surface area contributed by atoms with Gasteiger partial charge in [-0.25, -0.2) is 4.99 Å². The van der Waals surface area contributed by atoms with E-state index in [1.54, 1.807) is 24.4 Å². The van der Waals surface area contributed by atoms with E-state index in [4.69, 9.17) is 4.74 Å². The summed E-state index contributed by atoms with van der Waals surface area (Å²) >= 11 is 0. The lowest BCUT2D eigenvalue weighted by atomic mass is 10.7. The van der Waals surface area contributed by atoms with Crippen molar-refractivity contribution in [1.82, 2.24) is 4.90 Å². The SMILES string of the molecule is C=CN(C)C(/N=C\C)OC. The number of nitrogens with zero attached hydrogens (tertiary/aromatic N) is 2. The Hall–Kier alpha value is -0.830. The van der Waals surface area contributed by atoms with Crippen molar-refractivity contribution in [3.8, 4) is 0 Å². The maximum absolute atomic E-state index is 5.00. The number of methoxy groups -OCH3 is 1. The van der Waals surface area contributed by atoms with Crippen LogP contribution in [0.4, 0.5) is 0 Å². The predicted molar refractivity (Wildman–Crippen MR) is 42.9 cm³/mol. The Morgan fingerprint density at radius 1 is 1.70 bits per heavy atom. The molecule has 0 amide bonds. The van der Waals surface area contributed by atoms with Crippen LogP contribution in [0, 0.1) is 0 Å². The van der Waals surface area contributed by atoms with Crippen LogP contribution in [0.1, 0.15) is 6.92 Å². The molecular formula is C7H14N2O. The van der Waals surface area contributed by atoms with E-state index in [1.165, 1.54) is 0 Å². The van der Waals surface area contributed by atoms with Crippen molar-refractivity contribution < 1.29 is 4.74 Å². The summed E-state index contributed by atoms with van der Waals surface area (Å²) in [6, 6.07) is 0. The fourth-order valence-corrected chi connectivity index (χ4v) is 0.550. The van der Waals surface area contributed by atoms with Gasteiger partial charge in [0.05, 0.1) is 0 Å². The fourth-order valence-electron chi connectivity index (χ4n) is 0.550. The van der Waals surface area contributed by atoms with Crippen LogP contribution in [0.2, 0.25) is 0 Å². The first-order valence-electron chi connectivity index (χ1n) is 3.11. The van der Waals surface area contributed by atoms with E-state index in [9.17, 15) is 0 Å². The Kier molecular flexibility index (Phi) is 4.58. The lowest BCUT2D eigenvalue weighted by Crippen LogP contribution is -2.26. The zero-order chi connectivity index (χ0) is 7.98. The van der Waals surface area contributed by atoms with Crippen molar-refractivity contribution in [3.63, 3.8) is 0 Å². The molecule has 0 N–H and O–H groups in total. The van der Waals surface area contributed by atoms with Gasteiger partial charge in [0, 0.05) is 20.4 Å². The molecule has 0 radical (unpaired) electrons. The summed E-state index contributed by atoms with van der Waals surface area (Å²) in [5, 5.41) is 0. The van der Waals surface area contributed by atoms with E-state index in [1.807, 2.05) is 14.0 Å². The number of aliphatic imine (C=N–C) groups is 1. The summed E-state index contributed by atoms with van der Waals surface area (Å²) < 4.78 is 5.00. The van der Waals surface area contributed by atoms with Gasteiger partial charge in [-0.3, -0.25) is 0 Å². The molecule has 0 aliphatic rings. The third-order valence-corrected chi connectivity index (χ3v) is 1.12. The summed E-state index contributed by atoms with van der Waals surface area (Å²) in [7, 11) is 3.46. The molecule has 10 heavy (non-hydrogen) atoms. The second kappa shape index (κ2) is 4.99. The second-order valence-corrected chi connectivity index (χ2v) is 1.82. The molecule has 0 bridgehead atoms. The molecule has 0 aromatic rings. The van der Waals surface area contributed by atoms with Crippen LogP contribution in [0.25, 0.3) is 0 Å². The fraction of sp³-hybridized carbons (Fsp3) is 0.571. The average Bonchev–Trinajstić information content (AvgIpc) is 1.99. The molecule has 0 rings (SSSR count). The Morgan fingerprint density at radius 2 is 2.30 bits per heavy atom. The molecule has 3 nitrogen and oxygen atoms in total. The highest BCUT2D eigenvalue weighted by Crippen LogP contribution is 1.97.